The second-order valence-corrected chi connectivity index (χ2v) is 7.28. The Morgan fingerprint density at radius 3 is 2.56 bits per heavy atom. The first-order chi connectivity index (χ1) is 12.8. The average Bonchev–Trinajstić information content (AvgIpc) is 2.65. The van der Waals surface area contributed by atoms with E-state index in [1.807, 2.05) is 30.3 Å². The molecule has 4 nitrogen and oxygen atoms in total. The van der Waals surface area contributed by atoms with Crippen molar-refractivity contribution in [2.45, 2.75) is 32.4 Å². The van der Waals surface area contributed by atoms with Gasteiger partial charge in [0.25, 0.3) is 0 Å². The third kappa shape index (κ3) is 3.87. The molecule has 0 saturated carbocycles. The number of hydrogen-bond donors (Lipinski definition) is 2. The van der Waals surface area contributed by atoms with E-state index in [1.165, 1.54) is 12.1 Å². The van der Waals surface area contributed by atoms with E-state index in [-0.39, 0.29) is 31.5 Å². The largest absolute Gasteiger partial charge is 0.481 e. The third-order valence-electron chi connectivity index (χ3n) is 5.49. The Morgan fingerprint density at radius 2 is 1.93 bits per heavy atom. The molecule has 27 heavy (non-hydrogen) atoms. The number of hydrogen-bond acceptors (Lipinski definition) is 3. The van der Waals surface area contributed by atoms with Crippen molar-refractivity contribution in [3.05, 3.63) is 70.8 Å². The molecule has 1 saturated heterocycles. The zero-order valence-corrected chi connectivity index (χ0v) is 15.2. The van der Waals surface area contributed by atoms with Crippen LogP contribution in [-0.4, -0.2) is 40.3 Å². The number of carbonyl (C=O) groups is 1. The van der Waals surface area contributed by atoms with Crippen molar-refractivity contribution < 1.29 is 23.8 Å². The second kappa shape index (κ2) is 7.74. The number of carboxylic acids is 1. The summed E-state index contributed by atoms with van der Waals surface area (Å²) in [6.45, 7) is 1.95. The molecule has 0 unspecified atom stereocenters. The topological polar surface area (TPSA) is 60.8 Å². The molecule has 0 radical (unpaired) electrons. The van der Waals surface area contributed by atoms with E-state index in [2.05, 4.69) is 0 Å². The molecule has 3 rings (SSSR count). The summed E-state index contributed by atoms with van der Waals surface area (Å²) in [5.74, 6) is -2.28. The summed E-state index contributed by atoms with van der Waals surface area (Å²) in [6.07, 6.45) is -0.724. The zero-order chi connectivity index (χ0) is 19.6. The smallest absolute Gasteiger partial charge is 0.312 e. The number of β-amino-alcohol motifs (C(OH)–C–C–N with tert-alkyl or cyclic N) is 1. The van der Waals surface area contributed by atoms with E-state index in [1.54, 1.807) is 11.8 Å². The maximum atomic E-state index is 14.3. The lowest BCUT2D eigenvalue weighted by Crippen LogP contribution is -2.55. The highest BCUT2D eigenvalue weighted by Crippen LogP contribution is 2.36. The van der Waals surface area contributed by atoms with Crippen LogP contribution >= 0.6 is 0 Å². The minimum absolute atomic E-state index is 0.00254. The third-order valence-corrected chi connectivity index (χ3v) is 5.49. The highest BCUT2D eigenvalue weighted by molar-refractivity contribution is 5.76. The molecule has 1 fully saturated rings. The van der Waals surface area contributed by atoms with E-state index in [0.717, 1.165) is 5.56 Å². The Labute approximate surface area is 157 Å². The molecule has 1 aliphatic heterocycles. The maximum absolute atomic E-state index is 14.3. The molecule has 2 aromatic rings. The van der Waals surface area contributed by atoms with Gasteiger partial charge in [0.05, 0.1) is 6.10 Å². The number of aliphatic hydroxyl groups is 1. The number of aliphatic hydroxyl groups excluding tert-OH is 1. The summed E-state index contributed by atoms with van der Waals surface area (Å²) in [4.78, 5) is 13.7. The Balaban J connectivity index is 1.78. The summed E-state index contributed by atoms with van der Waals surface area (Å²) in [6, 6.07) is 11.8. The van der Waals surface area contributed by atoms with Gasteiger partial charge in [0.1, 0.15) is 17.0 Å². The van der Waals surface area contributed by atoms with Crippen molar-refractivity contribution in [3.63, 3.8) is 0 Å². The normalized spacial score (nSPS) is 23.3. The van der Waals surface area contributed by atoms with Crippen molar-refractivity contribution in [1.82, 2.24) is 4.90 Å². The summed E-state index contributed by atoms with van der Waals surface area (Å²) < 4.78 is 28.3. The zero-order valence-electron chi connectivity index (χ0n) is 15.2. The van der Waals surface area contributed by atoms with Crippen LogP contribution < -0.4 is 0 Å². The number of aliphatic carboxylic acids is 1. The molecule has 0 aromatic heterocycles. The first kappa shape index (κ1) is 19.5. The number of rotatable bonds is 5. The standard InChI is InChI=1S/C21H23F2NO3/c1-14-7-8-17(22)16(19(14)23)12-24-10-9-21(20(26)27,18(25)13-24)11-15-5-3-2-4-6-15/h2-8,18,25H,9-13H2,1H3,(H,26,27)/t18-,21+/m0/s1. The predicted molar refractivity (Wildman–Crippen MR) is 97.2 cm³/mol. The Morgan fingerprint density at radius 1 is 1.22 bits per heavy atom. The fourth-order valence-corrected chi connectivity index (χ4v) is 3.75. The molecule has 0 spiro atoms. The fraction of sp³-hybridized carbons (Fsp3) is 0.381. The van der Waals surface area contributed by atoms with Gasteiger partial charge in [-0.3, -0.25) is 9.69 Å². The van der Waals surface area contributed by atoms with Crippen LogP contribution in [0.3, 0.4) is 0 Å². The first-order valence-corrected chi connectivity index (χ1v) is 8.95. The molecule has 6 heteroatoms. The molecule has 2 aromatic carbocycles. The number of likely N-dealkylation sites (tertiary alicyclic amines) is 1. The molecule has 144 valence electrons. The number of aryl methyl sites for hydroxylation is 1. The summed E-state index contributed by atoms with van der Waals surface area (Å²) in [7, 11) is 0. The Bertz CT molecular complexity index is 828. The van der Waals surface area contributed by atoms with Gasteiger partial charge in [-0.1, -0.05) is 36.4 Å². The molecular formula is C21H23F2NO3. The van der Waals surface area contributed by atoms with Crippen molar-refractivity contribution in [2.75, 3.05) is 13.1 Å². The van der Waals surface area contributed by atoms with Gasteiger partial charge in [-0.05, 0) is 43.5 Å². The number of piperidine rings is 1. The van der Waals surface area contributed by atoms with Crippen LogP contribution in [0.4, 0.5) is 8.78 Å². The van der Waals surface area contributed by atoms with Gasteiger partial charge >= 0.3 is 5.97 Å². The molecule has 1 heterocycles. The van der Waals surface area contributed by atoms with Gasteiger partial charge in [0.15, 0.2) is 0 Å². The average molecular weight is 375 g/mol. The van der Waals surface area contributed by atoms with Crippen LogP contribution in [0, 0.1) is 24.0 Å². The molecule has 2 N–H and O–H groups in total. The highest BCUT2D eigenvalue weighted by Gasteiger charge is 2.48. The van der Waals surface area contributed by atoms with Crippen LogP contribution in [0.2, 0.25) is 0 Å². The maximum Gasteiger partial charge on any atom is 0.312 e. The van der Waals surface area contributed by atoms with Crippen LogP contribution in [0.5, 0.6) is 0 Å². The summed E-state index contributed by atoms with van der Waals surface area (Å²) in [5, 5.41) is 20.5. The fourth-order valence-electron chi connectivity index (χ4n) is 3.75. The molecular weight excluding hydrogens is 352 g/mol. The van der Waals surface area contributed by atoms with Gasteiger partial charge < -0.3 is 10.2 Å². The summed E-state index contributed by atoms with van der Waals surface area (Å²) in [5.41, 5.74) is -0.161. The van der Waals surface area contributed by atoms with Crippen LogP contribution in [0.1, 0.15) is 23.1 Å². The second-order valence-electron chi connectivity index (χ2n) is 7.28. The minimum atomic E-state index is -1.30. The molecule has 0 aliphatic carbocycles. The van der Waals surface area contributed by atoms with Gasteiger partial charge in [-0.25, -0.2) is 8.78 Å². The molecule has 0 bridgehead atoms. The van der Waals surface area contributed by atoms with Crippen molar-refractivity contribution in [2.24, 2.45) is 5.41 Å². The lowest BCUT2D eigenvalue weighted by molar-refractivity contribution is -0.163. The number of carboxylic acid groups (broad SMARTS) is 1. The summed E-state index contributed by atoms with van der Waals surface area (Å²) >= 11 is 0. The molecule has 0 amide bonds. The number of benzene rings is 2. The van der Waals surface area contributed by atoms with Crippen LogP contribution in [0.15, 0.2) is 42.5 Å². The van der Waals surface area contributed by atoms with Gasteiger partial charge in [0.2, 0.25) is 0 Å². The van der Waals surface area contributed by atoms with Crippen LogP contribution in [0.25, 0.3) is 0 Å². The van der Waals surface area contributed by atoms with Crippen molar-refractivity contribution >= 4 is 5.97 Å². The Kier molecular flexibility index (Phi) is 5.58. The minimum Gasteiger partial charge on any atom is -0.481 e. The van der Waals surface area contributed by atoms with Crippen molar-refractivity contribution in [1.29, 1.82) is 0 Å². The predicted octanol–water partition coefficient (Wildman–Crippen LogP) is 3.15. The van der Waals surface area contributed by atoms with Gasteiger partial charge in [-0.2, -0.15) is 0 Å². The molecule has 2 atom stereocenters. The SMILES string of the molecule is Cc1ccc(F)c(CN2CC[C@](Cc3ccccc3)(C(=O)O)[C@@H](O)C2)c1F. The number of halogens is 2. The highest BCUT2D eigenvalue weighted by atomic mass is 19.1. The van der Waals surface area contributed by atoms with Crippen molar-refractivity contribution in [3.8, 4) is 0 Å². The lowest BCUT2D eigenvalue weighted by atomic mass is 9.71. The number of nitrogens with zero attached hydrogens (tertiary/aromatic N) is 1. The van der Waals surface area contributed by atoms with E-state index in [9.17, 15) is 23.8 Å². The quantitative estimate of drug-likeness (QED) is 0.843. The first-order valence-electron chi connectivity index (χ1n) is 8.95. The van der Waals surface area contributed by atoms with Crippen LogP contribution in [-0.2, 0) is 17.8 Å². The monoisotopic (exact) mass is 375 g/mol. The van der Waals surface area contributed by atoms with E-state index < -0.39 is 29.1 Å². The van der Waals surface area contributed by atoms with Gasteiger partial charge in [0, 0.05) is 18.7 Å². The lowest BCUT2D eigenvalue weighted by Gasteiger charge is -2.43. The van der Waals surface area contributed by atoms with E-state index >= 15 is 0 Å². The van der Waals surface area contributed by atoms with Gasteiger partial charge in [-0.15, -0.1) is 0 Å². The van der Waals surface area contributed by atoms with E-state index in [4.69, 9.17) is 0 Å². The Hall–Kier alpha value is -2.31. The van der Waals surface area contributed by atoms with E-state index in [0.29, 0.717) is 12.1 Å². The molecule has 1 aliphatic rings.